The molecule has 2 aromatic rings. The van der Waals surface area contributed by atoms with Crippen molar-refractivity contribution >= 4 is 5.97 Å². The third kappa shape index (κ3) is 5.62. The number of carbonyl (C=O) groups excluding carboxylic acids is 1. The number of rotatable bonds is 9. The van der Waals surface area contributed by atoms with E-state index in [9.17, 15) is 13.6 Å². The van der Waals surface area contributed by atoms with Crippen molar-refractivity contribution in [3.05, 3.63) is 48.3 Å². The van der Waals surface area contributed by atoms with Gasteiger partial charge >= 0.3 is 5.97 Å². The van der Waals surface area contributed by atoms with Crippen LogP contribution in [0.2, 0.25) is 0 Å². The van der Waals surface area contributed by atoms with Gasteiger partial charge in [0.25, 0.3) is 0 Å². The normalized spacial score (nSPS) is 12.0. The number of hydrogen-bond donors (Lipinski definition) is 0. The molecule has 6 nitrogen and oxygen atoms in total. The summed E-state index contributed by atoms with van der Waals surface area (Å²) in [6, 6.07) is 4.85. The van der Waals surface area contributed by atoms with Crippen molar-refractivity contribution in [2.45, 2.75) is 19.6 Å². The van der Waals surface area contributed by atoms with Crippen LogP contribution in [-0.2, 0) is 20.8 Å². The minimum Gasteiger partial charge on any atom is -0.479 e. The first-order valence-electron chi connectivity index (χ1n) is 7.40. The van der Waals surface area contributed by atoms with Crippen LogP contribution in [0.5, 0.6) is 5.75 Å². The molecule has 0 saturated carbocycles. The van der Waals surface area contributed by atoms with E-state index in [1.165, 1.54) is 13.0 Å². The van der Waals surface area contributed by atoms with Crippen LogP contribution in [0.15, 0.2) is 36.7 Å². The van der Waals surface area contributed by atoms with Gasteiger partial charge in [-0.15, -0.1) is 0 Å². The van der Waals surface area contributed by atoms with Crippen LogP contribution < -0.4 is 4.74 Å². The number of esters is 1. The van der Waals surface area contributed by atoms with E-state index in [2.05, 4.69) is 5.10 Å². The zero-order valence-corrected chi connectivity index (χ0v) is 13.2. The van der Waals surface area contributed by atoms with Crippen molar-refractivity contribution in [1.29, 1.82) is 0 Å². The van der Waals surface area contributed by atoms with E-state index in [1.54, 1.807) is 10.9 Å². The van der Waals surface area contributed by atoms with Crippen molar-refractivity contribution in [1.82, 2.24) is 9.78 Å². The van der Waals surface area contributed by atoms with Crippen molar-refractivity contribution in [2.75, 3.05) is 19.8 Å². The van der Waals surface area contributed by atoms with Crippen LogP contribution >= 0.6 is 0 Å². The molecule has 0 N–H and O–H groups in total. The van der Waals surface area contributed by atoms with Crippen molar-refractivity contribution < 1.29 is 27.8 Å². The number of ether oxygens (including phenoxy) is 3. The van der Waals surface area contributed by atoms with Crippen LogP contribution in [0.1, 0.15) is 6.92 Å². The number of carbonyl (C=O) groups is 1. The van der Waals surface area contributed by atoms with Gasteiger partial charge in [-0.1, -0.05) is 0 Å². The van der Waals surface area contributed by atoms with E-state index >= 15 is 0 Å². The van der Waals surface area contributed by atoms with E-state index in [0.717, 1.165) is 12.1 Å². The summed E-state index contributed by atoms with van der Waals surface area (Å²) >= 11 is 0. The highest BCUT2D eigenvalue weighted by Crippen LogP contribution is 2.17. The summed E-state index contributed by atoms with van der Waals surface area (Å²) in [6.45, 7) is 2.83. The molecule has 2 rings (SSSR count). The first-order chi connectivity index (χ1) is 11.6. The summed E-state index contributed by atoms with van der Waals surface area (Å²) in [5.41, 5.74) is 0. The maximum Gasteiger partial charge on any atom is 0.347 e. The van der Waals surface area contributed by atoms with Crippen molar-refractivity contribution in [3.8, 4) is 5.75 Å². The smallest absolute Gasteiger partial charge is 0.347 e. The molecule has 130 valence electrons. The molecule has 8 heteroatoms. The van der Waals surface area contributed by atoms with E-state index in [-0.39, 0.29) is 19.0 Å². The Morgan fingerprint density at radius 3 is 2.79 bits per heavy atom. The van der Waals surface area contributed by atoms with Crippen LogP contribution in [0, 0.1) is 11.6 Å². The Labute approximate surface area is 137 Å². The molecule has 0 spiro atoms. The van der Waals surface area contributed by atoms with E-state index in [0.29, 0.717) is 13.2 Å². The first kappa shape index (κ1) is 17.9. The first-order valence-corrected chi connectivity index (χ1v) is 7.40. The molecule has 0 aliphatic heterocycles. The second-order valence-corrected chi connectivity index (χ2v) is 4.88. The fourth-order valence-electron chi connectivity index (χ4n) is 1.81. The number of halogens is 2. The zero-order chi connectivity index (χ0) is 17.4. The fourth-order valence-corrected chi connectivity index (χ4v) is 1.81. The van der Waals surface area contributed by atoms with Gasteiger partial charge in [0.15, 0.2) is 17.7 Å². The van der Waals surface area contributed by atoms with Crippen LogP contribution in [-0.4, -0.2) is 41.7 Å². The summed E-state index contributed by atoms with van der Waals surface area (Å²) in [5, 5.41) is 4.02. The molecule has 0 aliphatic rings. The lowest BCUT2D eigenvalue weighted by atomic mass is 10.3. The summed E-state index contributed by atoms with van der Waals surface area (Å²) in [5.74, 6) is -2.59. The summed E-state index contributed by atoms with van der Waals surface area (Å²) in [7, 11) is 0. The molecule has 1 aromatic carbocycles. The quantitative estimate of drug-likeness (QED) is 0.517. The Kier molecular flexibility index (Phi) is 6.68. The average Bonchev–Trinajstić information content (AvgIpc) is 3.07. The second-order valence-electron chi connectivity index (χ2n) is 4.88. The van der Waals surface area contributed by atoms with Gasteiger partial charge in [-0.05, 0) is 25.1 Å². The molecule has 0 radical (unpaired) electrons. The SMILES string of the molecule is CC(Oc1ccc(F)c(F)c1)C(=O)OCCOCCn1cccn1. The summed E-state index contributed by atoms with van der Waals surface area (Å²) in [4.78, 5) is 11.7. The summed E-state index contributed by atoms with van der Waals surface area (Å²) < 4.78 is 43.1. The maximum absolute atomic E-state index is 13.1. The highest BCUT2D eigenvalue weighted by molar-refractivity contribution is 5.74. The third-order valence-corrected chi connectivity index (χ3v) is 3.03. The molecule has 1 aromatic heterocycles. The van der Waals surface area contributed by atoms with E-state index in [1.807, 2.05) is 12.3 Å². The predicted octanol–water partition coefficient (Wildman–Crippen LogP) is 2.19. The highest BCUT2D eigenvalue weighted by atomic mass is 19.2. The van der Waals surface area contributed by atoms with Gasteiger partial charge in [-0.25, -0.2) is 13.6 Å². The van der Waals surface area contributed by atoms with Gasteiger partial charge in [-0.3, -0.25) is 4.68 Å². The van der Waals surface area contributed by atoms with Crippen LogP contribution in [0.25, 0.3) is 0 Å². The lowest BCUT2D eigenvalue weighted by Crippen LogP contribution is -2.27. The number of hydrogen-bond acceptors (Lipinski definition) is 5. The van der Waals surface area contributed by atoms with Gasteiger partial charge in [0, 0.05) is 18.5 Å². The van der Waals surface area contributed by atoms with Crippen LogP contribution in [0.3, 0.4) is 0 Å². The average molecular weight is 340 g/mol. The molecule has 1 heterocycles. The molecule has 0 fully saturated rings. The molecule has 24 heavy (non-hydrogen) atoms. The number of aromatic nitrogens is 2. The molecule has 1 atom stereocenters. The molecule has 0 bridgehead atoms. The Hall–Kier alpha value is -2.48. The lowest BCUT2D eigenvalue weighted by Gasteiger charge is -2.14. The van der Waals surface area contributed by atoms with Gasteiger partial charge < -0.3 is 14.2 Å². The molecule has 0 saturated heterocycles. The van der Waals surface area contributed by atoms with E-state index < -0.39 is 23.7 Å². The lowest BCUT2D eigenvalue weighted by molar-refractivity contribution is -0.152. The van der Waals surface area contributed by atoms with E-state index in [4.69, 9.17) is 14.2 Å². The molecule has 1 unspecified atom stereocenters. The third-order valence-electron chi connectivity index (χ3n) is 3.03. The van der Waals surface area contributed by atoms with Gasteiger partial charge in [0.05, 0.1) is 19.8 Å². The van der Waals surface area contributed by atoms with Crippen LogP contribution in [0.4, 0.5) is 8.78 Å². The Morgan fingerprint density at radius 1 is 1.25 bits per heavy atom. The summed E-state index contributed by atoms with van der Waals surface area (Å²) in [6.07, 6.45) is 2.55. The van der Waals surface area contributed by atoms with Crippen molar-refractivity contribution in [2.24, 2.45) is 0 Å². The standard InChI is InChI=1S/C16H18F2N2O4/c1-12(24-13-3-4-14(17)15(18)11-13)16(21)23-10-9-22-8-7-20-6-2-5-19-20/h2-6,11-12H,7-10H2,1H3. The minimum atomic E-state index is -1.04. The largest absolute Gasteiger partial charge is 0.479 e. The highest BCUT2D eigenvalue weighted by Gasteiger charge is 2.17. The number of benzene rings is 1. The van der Waals surface area contributed by atoms with Gasteiger partial charge in [-0.2, -0.15) is 5.10 Å². The minimum absolute atomic E-state index is 0.0498. The van der Waals surface area contributed by atoms with Crippen molar-refractivity contribution in [3.63, 3.8) is 0 Å². The predicted molar refractivity (Wildman–Crippen MR) is 80.5 cm³/mol. The Balaban J connectivity index is 1.61. The molecule has 0 aliphatic carbocycles. The van der Waals surface area contributed by atoms with Gasteiger partial charge in [0.1, 0.15) is 12.4 Å². The van der Waals surface area contributed by atoms with Gasteiger partial charge in [0.2, 0.25) is 0 Å². The number of nitrogens with zero attached hydrogens (tertiary/aromatic N) is 2. The fraction of sp³-hybridized carbons (Fsp3) is 0.375. The molecular weight excluding hydrogens is 322 g/mol. The maximum atomic E-state index is 13.1. The molecular formula is C16H18F2N2O4. The second kappa shape index (κ2) is 8.97. The molecule has 0 amide bonds. The topological polar surface area (TPSA) is 62.6 Å². The Bertz CT molecular complexity index is 650. The monoisotopic (exact) mass is 340 g/mol. The Morgan fingerprint density at radius 2 is 2.08 bits per heavy atom. The zero-order valence-electron chi connectivity index (χ0n) is 13.2.